The van der Waals surface area contributed by atoms with Crippen molar-refractivity contribution in [2.75, 3.05) is 33.3 Å². The first kappa shape index (κ1) is 25.3. The molecule has 192 valence electrons. The summed E-state index contributed by atoms with van der Waals surface area (Å²) in [5.74, 6) is 1.52. The number of amides is 2. The first-order chi connectivity index (χ1) is 17.5. The average Bonchev–Trinajstić information content (AvgIpc) is 3.72. The second-order valence-corrected chi connectivity index (χ2v) is 11.5. The van der Waals surface area contributed by atoms with Crippen LogP contribution in [0.3, 0.4) is 0 Å². The zero-order valence-electron chi connectivity index (χ0n) is 21.0. The molecule has 2 aliphatic heterocycles. The van der Waals surface area contributed by atoms with Crippen LogP contribution in [0, 0.1) is 11.3 Å². The van der Waals surface area contributed by atoms with Crippen LogP contribution in [0.4, 0.5) is 0 Å². The van der Waals surface area contributed by atoms with Gasteiger partial charge in [-0.1, -0.05) is 40.2 Å². The molecule has 3 aliphatic rings. The van der Waals surface area contributed by atoms with Crippen molar-refractivity contribution in [1.82, 2.24) is 15.1 Å². The summed E-state index contributed by atoms with van der Waals surface area (Å²) in [5.41, 5.74) is 2.10. The fraction of sp³-hybridized carbons (Fsp3) is 0.517. The van der Waals surface area contributed by atoms with Crippen molar-refractivity contribution in [2.24, 2.45) is 11.3 Å². The van der Waals surface area contributed by atoms with E-state index in [1.165, 1.54) is 5.56 Å². The van der Waals surface area contributed by atoms with Crippen LogP contribution in [0.2, 0.25) is 0 Å². The summed E-state index contributed by atoms with van der Waals surface area (Å²) < 4.78 is 6.36. The Kier molecular flexibility index (Phi) is 7.68. The molecule has 1 saturated carbocycles. The zero-order valence-corrected chi connectivity index (χ0v) is 22.6. The molecule has 2 aromatic carbocycles. The van der Waals surface area contributed by atoms with Gasteiger partial charge in [-0.05, 0) is 87.0 Å². The van der Waals surface area contributed by atoms with Crippen molar-refractivity contribution < 1.29 is 14.3 Å². The largest absolute Gasteiger partial charge is 0.497 e. The number of carbonyl (C=O) groups excluding carboxylic acids is 2. The lowest BCUT2D eigenvalue weighted by Gasteiger charge is -2.38. The van der Waals surface area contributed by atoms with Crippen LogP contribution in [0.15, 0.2) is 53.0 Å². The summed E-state index contributed by atoms with van der Waals surface area (Å²) >= 11 is 3.48. The van der Waals surface area contributed by atoms with E-state index >= 15 is 0 Å². The Labute approximate surface area is 222 Å². The van der Waals surface area contributed by atoms with E-state index in [4.69, 9.17) is 4.74 Å². The normalized spacial score (nSPS) is 20.5. The number of likely N-dealkylation sites (tertiary alicyclic amines) is 2. The van der Waals surface area contributed by atoms with E-state index in [1.54, 1.807) is 7.11 Å². The number of piperidine rings is 1. The molecule has 36 heavy (non-hydrogen) atoms. The van der Waals surface area contributed by atoms with Gasteiger partial charge in [0.25, 0.3) is 0 Å². The van der Waals surface area contributed by atoms with Gasteiger partial charge in [0.15, 0.2) is 0 Å². The van der Waals surface area contributed by atoms with Gasteiger partial charge in [0.1, 0.15) is 5.75 Å². The molecule has 1 spiro atoms. The van der Waals surface area contributed by atoms with Crippen molar-refractivity contribution in [3.05, 3.63) is 64.1 Å². The van der Waals surface area contributed by atoms with Crippen molar-refractivity contribution in [1.29, 1.82) is 0 Å². The summed E-state index contributed by atoms with van der Waals surface area (Å²) in [6, 6.07) is 16.3. The molecule has 2 amide bonds. The lowest BCUT2D eigenvalue weighted by atomic mass is 9.77. The molecule has 3 fully saturated rings. The maximum Gasteiger partial charge on any atom is 0.229 e. The van der Waals surface area contributed by atoms with Crippen LogP contribution in [0.25, 0.3) is 0 Å². The molecule has 1 unspecified atom stereocenters. The number of carbonyl (C=O) groups is 2. The summed E-state index contributed by atoms with van der Waals surface area (Å²) in [7, 11) is 1.67. The van der Waals surface area contributed by atoms with Crippen LogP contribution in [0.1, 0.15) is 55.7 Å². The minimum Gasteiger partial charge on any atom is -0.497 e. The van der Waals surface area contributed by atoms with E-state index in [9.17, 15) is 9.59 Å². The van der Waals surface area contributed by atoms with E-state index in [-0.39, 0.29) is 23.3 Å². The van der Waals surface area contributed by atoms with Gasteiger partial charge in [-0.3, -0.25) is 9.59 Å². The molecular formula is C29H36BrN3O3. The van der Waals surface area contributed by atoms with Crippen LogP contribution < -0.4 is 10.1 Å². The van der Waals surface area contributed by atoms with Crippen LogP contribution in [-0.2, 0) is 16.1 Å². The number of benzene rings is 2. The van der Waals surface area contributed by atoms with Gasteiger partial charge in [-0.2, -0.15) is 0 Å². The Morgan fingerprint density at radius 1 is 1.06 bits per heavy atom. The Bertz CT molecular complexity index is 1060. The first-order valence-corrected chi connectivity index (χ1v) is 14.0. The second-order valence-electron chi connectivity index (χ2n) is 10.6. The first-order valence-electron chi connectivity index (χ1n) is 13.2. The molecule has 1 atom stereocenters. The highest BCUT2D eigenvalue weighted by atomic mass is 79.9. The molecule has 0 aromatic heterocycles. The average molecular weight is 555 g/mol. The maximum absolute atomic E-state index is 13.4. The Balaban J connectivity index is 1.15. The quantitative estimate of drug-likeness (QED) is 0.478. The fourth-order valence-corrected chi connectivity index (χ4v) is 5.89. The lowest BCUT2D eigenvalue weighted by Crippen LogP contribution is -2.45. The van der Waals surface area contributed by atoms with E-state index in [1.807, 2.05) is 29.2 Å². The monoisotopic (exact) mass is 553 g/mol. The van der Waals surface area contributed by atoms with Gasteiger partial charge in [-0.15, -0.1) is 0 Å². The van der Waals surface area contributed by atoms with E-state index in [2.05, 4.69) is 50.4 Å². The maximum atomic E-state index is 13.4. The molecule has 7 heteroatoms. The van der Waals surface area contributed by atoms with E-state index < -0.39 is 0 Å². The predicted molar refractivity (Wildman–Crippen MR) is 144 cm³/mol. The second kappa shape index (κ2) is 10.9. The third-order valence-electron chi connectivity index (χ3n) is 8.22. The van der Waals surface area contributed by atoms with Gasteiger partial charge >= 0.3 is 0 Å². The molecule has 0 bridgehead atoms. The molecule has 2 aromatic rings. The fourth-order valence-electron chi connectivity index (χ4n) is 5.63. The molecule has 1 aliphatic carbocycles. The van der Waals surface area contributed by atoms with Crippen LogP contribution in [0.5, 0.6) is 5.75 Å². The van der Waals surface area contributed by atoms with Gasteiger partial charge in [0, 0.05) is 30.0 Å². The zero-order chi connectivity index (χ0) is 25.1. The van der Waals surface area contributed by atoms with Crippen LogP contribution in [-0.4, -0.2) is 54.9 Å². The lowest BCUT2D eigenvalue weighted by molar-refractivity contribution is -0.139. The molecule has 2 saturated heterocycles. The Hall–Kier alpha value is -2.38. The number of nitrogens with zero attached hydrogens (tertiary/aromatic N) is 2. The minimum absolute atomic E-state index is 0.00518. The molecule has 0 radical (unpaired) electrons. The highest BCUT2D eigenvalue weighted by Gasteiger charge is 2.47. The predicted octanol–water partition coefficient (Wildman–Crippen LogP) is 4.93. The summed E-state index contributed by atoms with van der Waals surface area (Å²) in [5, 5.41) is 3.29. The molecule has 2 heterocycles. The van der Waals surface area contributed by atoms with E-state index in [0.717, 1.165) is 80.5 Å². The summed E-state index contributed by atoms with van der Waals surface area (Å²) in [6.07, 6.45) is 5.67. The smallest absolute Gasteiger partial charge is 0.229 e. The van der Waals surface area contributed by atoms with Crippen LogP contribution >= 0.6 is 15.9 Å². The Morgan fingerprint density at radius 2 is 1.72 bits per heavy atom. The number of rotatable bonds is 9. The molecule has 5 rings (SSSR count). The van der Waals surface area contributed by atoms with Crippen molar-refractivity contribution in [3.63, 3.8) is 0 Å². The van der Waals surface area contributed by atoms with Gasteiger partial charge < -0.3 is 19.9 Å². The number of hydrogen-bond donors (Lipinski definition) is 1. The molecular weight excluding hydrogens is 518 g/mol. The standard InChI is InChI=1S/C29H36BrN3O3/c1-36-25-10-6-22(7-11-25)26(31-27(34)23-4-5-23)12-16-32-17-13-29(14-18-32)15-19-33(28(29)35)20-21-2-8-24(30)9-3-21/h2-3,6-11,23,26H,4-5,12-20H2,1H3,(H,31,34). The molecule has 6 nitrogen and oxygen atoms in total. The highest BCUT2D eigenvalue weighted by Crippen LogP contribution is 2.42. The summed E-state index contributed by atoms with van der Waals surface area (Å²) in [6.45, 7) is 4.32. The number of nitrogens with one attached hydrogen (secondary N) is 1. The number of ether oxygens (including phenoxy) is 1. The van der Waals surface area contributed by atoms with Crippen molar-refractivity contribution >= 4 is 27.7 Å². The number of halogens is 1. The summed E-state index contributed by atoms with van der Waals surface area (Å²) in [4.78, 5) is 30.5. The van der Waals surface area contributed by atoms with Crippen molar-refractivity contribution in [2.45, 2.75) is 51.1 Å². The molecule has 1 N–H and O–H groups in total. The number of hydrogen-bond acceptors (Lipinski definition) is 4. The highest BCUT2D eigenvalue weighted by molar-refractivity contribution is 9.10. The topological polar surface area (TPSA) is 61.9 Å². The SMILES string of the molecule is COc1ccc(C(CCN2CCC3(CC2)CCN(Cc2ccc(Br)cc2)C3=O)NC(=O)C2CC2)cc1. The third-order valence-corrected chi connectivity index (χ3v) is 8.75. The van der Waals surface area contributed by atoms with Gasteiger partial charge in [-0.25, -0.2) is 0 Å². The number of methoxy groups -OCH3 is 1. The van der Waals surface area contributed by atoms with E-state index in [0.29, 0.717) is 12.5 Å². The Morgan fingerprint density at radius 3 is 2.36 bits per heavy atom. The minimum atomic E-state index is -0.193. The van der Waals surface area contributed by atoms with Gasteiger partial charge in [0.2, 0.25) is 11.8 Å². The van der Waals surface area contributed by atoms with Gasteiger partial charge in [0.05, 0.1) is 18.6 Å². The third kappa shape index (κ3) is 5.78. The van der Waals surface area contributed by atoms with Crippen molar-refractivity contribution in [3.8, 4) is 5.75 Å².